The molecule has 1 aromatic carbocycles. The third-order valence-corrected chi connectivity index (χ3v) is 1.85. The number of nitro groups is 1. The van der Waals surface area contributed by atoms with E-state index < -0.39 is 41.2 Å². The number of benzene rings is 1. The van der Waals surface area contributed by atoms with Gasteiger partial charge in [-0.1, -0.05) is 0 Å². The van der Waals surface area contributed by atoms with Crippen molar-refractivity contribution >= 4 is 11.7 Å². The van der Waals surface area contributed by atoms with Gasteiger partial charge in [0.25, 0.3) is 0 Å². The van der Waals surface area contributed by atoms with Crippen LogP contribution >= 0.6 is 0 Å². The second kappa shape index (κ2) is 5.34. The Bertz CT molecular complexity index is 491. The smallest absolute Gasteiger partial charge is 0.387 e. The van der Waals surface area contributed by atoms with Crippen molar-refractivity contribution in [3.05, 3.63) is 33.6 Å². The lowest BCUT2D eigenvalue weighted by Gasteiger charge is -2.07. The number of ether oxygens (including phenoxy) is 1. The van der Waals surface area contributed by atoms with Gasteiger partial charge < -0.3 is 9.84 Å². The second-order valence-corrected chi connectivity index (χ2v) is 3.13. The Hall–Kier alpha value is -2.32. The van der Waals surface area contributed by atoms with Gasteiger partial charge in [0.05, 0.1) is 11.3 Å². The molecule has 1 rings (SSSR count). The van der Waals surface area contributed by atoms with Gasteiger partial charge in [0.2, 0.25) is 5.82 Å². The van der Waals surface area contributed by atoms with Crippen molar-refractivity contribution in [1.82, 2.24) is 0 Å². The zero-order valence-corrected chi connectivity index (χ0v) is 8.60. The first-order chi connectivity index (χ1) is 8.31. The normalized spacial score (nSPS) is 10.4. The van der Waals surface area contributed by atoms with E-state index in [4.69, 9.17) is 5.11 Å². The first-order valence-electron chi connectivity index (χ1n) is 4.44. The van der Waals surface area contributed by atoms with Gasteiger partial charge in [0, 0.05) is 6.07 Å². The molecule has 0 aliphatic heterocycles. The molecule has 0 atom stereocenters. The van der Waals surface area contributed by atoms with Gasteiger partial charge in [-0.3, -0.25) is 14.9 Å². The molecule has 0 aromatic heterocycles. The summed E-state index contributed by atoms with van der Waals surface area (Å²) in [6.07, 6.45) is -0.680. The Morgan fingerprint density at radius 1 is 1.50 bits per heavy atom. The highest BCUT2D eigenvalue weighted by atomic mass is 19.3. The van der Waals surface area contributed by atoms with Crippen LogP contribution in [0.25, 0.3) is 0 Å². The molecule has 6 nitrogen and oxygen atoms in total. The van der Waals surface area contributed by atoms with Crippen molar-refractivity contribution in [2.75, 3.05) is 0 Å². The highest BCUT2D eigenvalue weighted by Crippen LogP contribution is 2.29. The van der Waals surface area contributed by atoms with Crippen LogP contribution in [0.2, 0.25) is 0 Å². The minimum Gasteiger partial charge on any atom is -0.481 e. The molecule has 0 bridgehead atoms. The van der Waals surface area contributed by atoms with Gasteiger partial charge in [0.1, 0.15) is 0 Å². The van der Waals surface area contributed by atoms with Gasteiger partial charge in [-0.05, 0) is 11.6 Å². The van der Waals surface area contributed by atoms with E-state index in [0.29, 0.717) is 12.1 Å². The molecule has 0 unspecified atom stereocenters. The summed E-state index contributed by atoms with van der Waals surface area (Å²) in [6, 6.07) is 1.34. The lowest BCUT2D eigenvalue weighted by molar-refractivity contribution is -0.387. The molecule has 0 fully saturated rings. The molecule has 1 N–H and O–H groups in total. The highest BCUT2D eigenvalue weighted by Gasteiger charge is 2.23. The Labute approximate surface area is 97.7 Å². The SMILES string of the molecule is O=C(O)Cc1cc(OC(F)F)c(F)c([N+](=O)[O-])c1. The summed E-state index contributed by atoms with van der Waals surface area (Å²) in [5.41, 5.74) is -1.34. The molecular formula is C9H6F3NO5. The minimum absolute atomic E-state index is 0.216. The van der Waals surface area contributed by atoms with Gasteiger partial charge in [-0.2, -0.15) is 13.2 Å². The van der Waals surface area contributed by atoms with E-state index in [2.05, 4.69) is 4.74 Å². The average Bonchev–Trinajstić information content (AvgIpc) is 2.20. The summed E-state index contributed by atoms with van der Waals surface area (Å²) in [5, 5.41) is 19.0. The van der Waals surface area contributed by atoms with Gasteiger partial charge >= 0.3 is 18.3 Å². The molecular weight excluding hydrogens is 259 g/mol. The molecule has 18 heavy (non-hydrogen) atoms. The number of aliphatic carboxylic acids is 1. The molecule has 0 saturated carbocycles. The predicted octanol–water partition coefficient (Wildman–Crippen LogP) is 1.96. The molecule has 0 saturated heterocycles. The summed E-state index contributed by atoms with van der Waals surface area (Å²) in [5.74, 6) is -3.98. The maximum atomic E-state index is 13.4. The maximum absolute atomic E-state index is 13.4. The number of rotatable bonds is 5. The molecule has 0 aliphatic rings. The van der Waals surface area contributed by atoms with Crippen LogP contribution in [-0.4, -0.2) is 22.6 Å². The quantitative estimate of drug-likeness (QED) is 0.649. The van der Waals surface area contributed by atoms with Gasteiger partial charge in [-0.15, -0.1) is 0 Å². The fraction of sp³-hybridized carbons (Fsp3) is 0.222. The topological polar surface area (TPSA) is 89.7 Å². The molecule has 1 aromatic rings. The van der Waals surface area contributed by atoms with Crippen molar-refractivity contribution in [1.29, 1.82) is 0 Å². The Balaban J connectivity index is 3.27. The summed E-state index contributed by atoms with van der Waals surface area (Å²) in [4.78, 5) is 19.7. The molecule has 0 radical (unpaired) electrons. The van der Waals surface area contributed by atoms with Crippen molar-refractivity contribution in [2.24, 2.45) is 0 Å². The van der Waals surface area contributed by atoms with Gasteiger partial charge in [0.15, 0.2) is 5.75 Å². The second-order valence-electron chi connectivity index (χ2n) is 3.13. The van der Waals surface area contributed by atoms with Crippen LogP contribution in [0.1, 0.15) is 5.56 Å². The summed E-state index contributed by atoms with van der Waals surface area (Å²) in [7, 11) is 0. The number of nitrogens with zero attached hydrogens (tertiary/aromatic N) is 1. The van der Waals surface area contributed by atoms with E-state index in [-0.39, 0.29) is 5.56 Å². The molecule has 0 aliphatic carbocycles. The zero-order valence-electron chi connectivity index (χ0n) is 8.60. The van der Waals surface area contributed by atoms with Crippen LogP contribution in [-0.2, 0) is 11.2 Å². The largest absolute Gasteiger partial charge is 0.481 e. The molecule has 9 heteroatoms. The first-order valence-corrected chi connectivity index (χ1v) is 4.44. The van der Waals surface area contributed by atoms with Crippen molar-refractivity contribution in [2.45, 2.75) is 13.0 Å². The van der Waals surface area contributed by atoms with E-state index in [9.17, 15) is 28.1 Å². The standard InChI is InChI=1S/C9H6F3NO5/c10-8-5(13(16)17)1-4(3-7(14)15)2-6(8)18-9(11)12/h1-2,9H,3H2,(H,14,15). The number of alkyl halides is 2. The highest BCUT2D eigenvalue weighted by molar-refractivity contribution is 5.71. The van der Waals surface area contributed by atoms with Gasteiger partial charge in [-0.25, -0.2) is 0 Å². The number of hydrogen-bond acceptors (Lipinski definition) is 4. The van der Waals surface area contributed by atoms with Crippen LogP contribution in [0.4, 0.5) is 18.9 Å². The third kappa shape index (κ3) is 3.34. The van der Waals surface area contributed by atoms with E-state index in [1.807, 2.05) is 0 Å². The van der Waals surface area contributed by atoms with E-state index in [0.717, 1.165) is 0 Å². The number of nitro benzene ring substituents is 1. The minimum atomic E-state index is -3.38. The van der Waals surface area contributed by atoms with E-state index in [1.165, 1.54) is 0 Å². The lowest BCUT2D eigenvalue weighted by Crippen LogP contribution is -2.08. The summed E-state index contributed by atoms with van der Waals surface area (Å²) >= 11 is 0. The molecule has 0 amide bonds. The van der Waals surface area contributed by atoms with Crippen LogP contribution < -0.4 is 4.74 Å². The van der Waals surface area contributed by atoms with Crippen LogP contribution in [0.3, 0.4) is 0 Å². The number of carbonyl (C=O) groups is 1. The van der Waals surface area contributed by atoms with Crippen LogP contribution in [0.15, 0.2) is 12.1 Å². The fourth-order valence-corrected chi connectivity index (χ4v) is 1.23. The summed E-state index contributed by atoms with van der Waals surface area (Å²) in [6.45, 7) is -3.38. The predicted molar refractivity (Wildman–Crippen MR) is 51.0 cm³/mol. The van der Waals surface area contributed by atoms with Crippen LogP contribution in [0.5, 0.6) is 5.75 Å². The van der Waals surface area contributed by atoms with Crippen molar-refractivity contribution in [3.8, 4) is 5.75 Å². The number of hydrogen-bond donors (Lipinski definition) is 1. The Morgan fingerprint density at radius 2 is 2.11 bits per heavy atom. The fourth-order valence-electron chi connectivity index (χ4n) is 1.23. The van der Waals surface area contributed by atoms with Crippen LogP contribution in [0, 0.1) is 15.9 Å². The number of carboxylic acids is 1. The maximum Gasteiger partial charge on any atom is 0.387 e. The average molecular weight is 265 g/mol. The monoisotopic (exact) mass is 265 g/mol. The number of halogens is 3. The van der Waals surface area contributed by atoms with Crippen molar-refractivity contribution in [3.63, 3.8) is 0 Å². The molecule has 0 heterocycles. The lowest BCUT2D eigenvalue weighted by atomic mass is 10.1. The van der Waals surface area contributed by atoms with E-state index in [1.54, 1.807) is 0 Å². The summed E-state index contributed by atoms with van der Waals surface area (Å²) < 4.78 is 41.0. The third-order valence-electron chi connectivity index (χ3n) is 1.85. The van der Waals surface area contributed by atoms with E-state index >= 15 is 0 Å². The first kappa shape index (κ1) is 13.7. The molecule has 0 spiro atoms. The Kier molecular flexibility index (Phi) is 4.08. The number of carboxylic acid groups (broad SMARTS) is 1. The zero-order chi connectivity index (χ0) is 13.9. The molecule has 98 valence electrons. The van der Waals surface area contributed by atoms with Crippen molar-refractivity contribution < 1.29 is 32.7 Å². The Morgan fingerprint density at radius 3 is 2.56 bits per heavy atom.